The van der Waals surface area contributed by atoms with Gasteiger partial charge in [0.1, 0.15) is 11.2 Å². The molecule has 0 aliphatic heterocycles. The molecule has 0 saturated carbocycles. The first-order chi connectivity index (χ1) is 30.2. The Hall–Kier alpha value is -8.28. The summed E-state index contributed by atoms with van der Waals surface area (Å²) in [4.78, 5) is 19.9. The maximum absolute atomic E-state index is 6.58. The molecule has 0 N–H and O–H groups in total. The first kappa shape index (κ1) is 35.8. The number of rotatable bonds is 8. The lowest BCUT2D eigenvalue weighted by atomic mass is 9.96. The third-order valence-electron chi connectivity index (χ3n) is 11.2. The van der Waals surface area contributed by atoms with Gasteiger partial charge in [-0.2, -0.15) is 0 Å². The van der Waals surface area contributed by atoms with Crippen LogP contribution in [0.25, 0.3) is 112 Å². The lowest BCUT2D eigenvalue weighted by molar-refractivity contribution is 0.669. The topological polar surface area (TPSA) is 64.7 Å². The van der Waals surface area contributed by atoms with Crippen molar-refractivity contribution in [3.8, 4) is 89.9 Å². The third kappa shape index (κ3) is 7.04. The second-order valence-corrected chi connectivity index (χ2v) is 15.1. The molecule has 0 aliphatic rings. The van der Waals surface area contributed by atoms with Gasteiger partial charge in [0.2, 0.25) is 0 Å². The van der Waals surface area contributed by atoms with E-state index in [4.69, 9.17) is 19.4 Å². The highest BCUT2D eigenvalue weighted by atomic mass is 16.3. The lowest BCUT2D eigenvalue weighted by Gasteiger charge is -2.11. The predicted octanol–water partition coefficient (Wildman–Crippen LogP) is 14.5. The number of furan rings is 1. The molecule has 3 aromatic heterocycles. The Labute approximate surface area is 353 Å². The number of fused-ring (bicyclic) bond motifs is 3. The summed E-state index contributed by atoms with van der Waals surface area (Å²) in [6.45, 7) is 0. The average molecular weight is 781 g/mol. The molecule has 0 fully saturated rings. The number of benzene rings is 8. The normalized spacial score (nSPS) is 11.3. The van der Waals surface area contributed by atoms with Gasteiger partial charge in [0.25, 0.3) is 0 Å². The maximum Gasteiger partial charge on any atom is 0.164 e. The van der Waals surface area contributed by atoms with Gasteiger partial charge in [0.15, 0.2) is 17.5 Å². The largest absolute Gasteiger partial charge is 0.456 e. The van der Waals surface area contributed by atoms with Gasteiger partial charge in [-0.3, -0.25) is 4.98 Å². The van der Waals surface area contributed by atoms with Crippen LogP contribution in [0.3, 0.4) is 0 Å². The quantitative estimate of drug-likeness (QED) is 0.154. The zero-order chi connectivity index (χ0) is 40.5. The van der Waals surface area contributed by atoms with Crippen LogP contribution in [0.4, 0.5) is 0 Å². The molecule has 0 bridgehead atoms. The van der Waals surface area contributed by atoms with Gasteiger partial charge in [0, 0.05) is 39.2 Å². The molecule has 3 heterocycles. The number of hydrogen-bond acceptors (Lipinski definition) is 5. The molecule has 0 saturated heterocycles. The van der Waals surface area contributed by atoms with Gasteiger partial charge < -0.3 is 4.42 Å². The summed E-state index contributed by atoms with van der Waals surface area (Å²) in [6, 6.07) is 73.4. The van der Waals surface area contributed by atoms with E-state index in [-0.39, 0.29) is 0 Å². The summed E-state index contributed by atoms with van der Waals surface area (Å²) in [5.74, 6) is 1.72. The Kier molecular flexibility index (Phi) is 9.10. The van der Waals surface area contributed by atoms with E-state index in [1.54, 1.807) is 0 Å². The van der Waals surface area contributed by atoms with Crippen LogP contribution in [0.5, 0.6) is 0 Å². The number of hydrogen-bond donors (Lipinski definition) is 0. The zero-order valence-corrected chi connectivity index (χ0v) is 33.0. The molecule has 11 rings (SSSR count). The van der Waals surface area contributed by atoms with Crippen molar-refractivity contribution in [2.24, 2.45) is 0 Å². The zero-order valence-electron chi connectivity index (χ0n) is 33.0. The summed E-state index contributed by atoms with van der Waals surface area (Å²) >= 11 is 0. The van der Waals surface area contributed by atoms with E-state index in [1.165, 1.54) is 16.7 Å². The summed E-state index contributed by atoms with van der Waals surface area (Å²) < 4.78 is 6.58. The number of pyridine rings is 1. The molecular weight excluding hydrogens is 745 g/mol. The van der Waals surface area contributed by atoms with Crippen molar-refractivity contribution in [3.05, 3.63) is 219 Å². The summed E-state index contributed by atoms with van der Waals surface area (Å²) in [7, 11) is 0. The van der Waals surface area contributed by atoms with E-state index in [1.807, 2.05) is 42.6 Å². The third-order valence-corrected chi connectivity index (χ3v) is 11.2. The molecule has 11 aromatic rings. The van der Waals surface area contributed by atoms with Gasteiger partial charge in [0.05, 0.1) is 5.69 Å². The molecular formula is C56H36N4O. The minimum Gasteiger partial charge on any atom is -0.456 e. The van der Waals surface area contributed by atoms with E-state index in [0.29, 0.717) is 17.5 Å². The minimum absolute atomic E-state index is 0.560. The Morgan fingerprint density at radius 2 is 0.770 bits per heavy atom. The van der Waals surface area contributed by atoms with Crippen molar-refractivity contribution in [3.63, 3.8) is 0 Å². The molecule has 0 atom stereocenters. The molecule has 61 heavy (non-hydrogen) atoms. The molecule has 8 aromatic carbocycles. The van der Waals surface area contributed by atoms with E-state index in [0.717, 1.165) is 77.7 Å². The van der Waals surface area contributed by atoms with Crippen LogP contribution in [0, 0.1) is 0 Å². The van der Waals surface area contributed by atoms with Crippen molar-refractivity contribution in [2.75, 3.05) is 0 Å². The van der Waals surface area contributed by atoms with Crippen LogP contribution in [0.15, 0.2) is 223 Å². The monoisotopic (exact) mass is 780 g/mol. The van der Waals surface area contributed by atoms with Crippen molar-refractivity contribution >= 4 is 21.9 Å². The van der Waals surface area contributed by atoms with Crippen LogP contribution in [0.2, 0.25) is 0 Å². The van der Waals surface area contributed by atoms with Gasteiger partial charge in [-0.1, -0.05) is 170 Å². The molecule has 286 valence electrons. The van der Waals surface area contributed by atoms with E-state index in [9.17, 15) is 0 Å². The Balaban J connectivity index is 1.00. The standard InChI is InChI=1S/C56H36N4O/c1-3-12-37(13-4-1)39-23-25-40(26-24-39)48-20-11-22-51-53(48)49-32-31-47(36-52(49)61-51)56-59-54(42-29-27-41(28-30-42)50-21-7-8-33-57-50)58-55(60-56)46-19-10-18-45(35-46)44-17-9-16-43(34-44)38-14-5-2-6-15-38/h1-36H. The highest BCUT2D eigenvalue weighted by Gasteiger charge is 2.17. The van der Waals surface area contributed by atoms with Crippen LogP contribution in [0.1, 0.15) is 0 Å². The first-order valence-electron chi connectivity index (χ1n) is 20.4. The van der Waals surface area contributed by atoms with Crippen LogP contribution in [-0.2, 0) is 0 Å². The van der Waals surface area contributed by atoms with Crippen LogP contribution >= 0.6 is 0 Å². The Bertz CT molecular complexity index is 3330. The molecule has 0 spiro atoms. The minimum atomic E-state index is 0.560. The fourth-order valence-electron chi connectivity index (χ4n) is 8.11. The van der Waals surface area contributed by atoms with E-state index < -0.39 is 0 Å². The molecule has 0 aliphatic carbocycles. The Morgan fingerprint density at radius 3 is 1.44 bits per heavy atom. The fraction of sp³-hybridized carbons (Fsp3) is 0. The molecule has 5 nitrogen and oxygen atoms in total. The van der Waals surface area contributed by atoms with Gasteiger partial charge in [-0.15, -0.1) is 0 Å². The van der Waals surface area contributed by atoms with Crippen molar-refractivity contribution in [1.29, 1.82) is 0 Å². The molecule has 0 radical (unpaired) electrons. The average Bonchev–Trinajstić information content (AvgIpc) is 3.73. The highest BCUT2D eigenvalue weighted by molar-refractivity contribution is 6.13. The van der Waals surface area contributed by atoms with E-state index >= 15 is 0 Å². The van der Waals surface area contributed by atoms with Crippen molar-refractivity contribution in [1.82, 2.24) is 19.9 Å². The lowest BCUT2D eigenvalue weighted by Crippen LogP contribution is -2.00. The molecule has 0 amide bonds. The predicted molar refractivity (Wildman–Crippen MR) is 248 cm³/mol. The summed E-state index contributed by atoms with van der Waals surface area (Å²) in [6.07, 6.45) is 1.81. The molecule has 0 unspecified atom stereocenters. The van der Waals surface area contributed by atoms with Gasteiger partial charge in [-0.25, -0.2) is 15.0 Å². The Morgan fingerprint density at radius 1 is 0.295 bits per heavy atom. The summed E-state index contributed by atoms with van der Waals surface area (Å²) in [5, 5.41) is 2.11. The van der Waals surface area contributed by atoms with Gasteiger partial charge in [-0.05, 0) is 87.0 Å². The first-order valence-corrected chi connectivity index (χ1v) is 20.4. The van der Waals surface area contributed by atoms with Crippen molar-refractivity contribution in [2.45, 2.75) is 0 Å². The highest BCUT2D eigenvalue weighted by Crippen LogP contribution is 2.39. The van der Waals surface area contributed by atoms with E-state index in [2.05, 4.69) is 181 Å². The van der Waals surface area contributed by atoms with Crippen LogP contribution in [-0.4, -0.2) is 19.9 Å². The number of aromatic nitrogens is 4. The number of nitrogens with zero attached hydrogens (tertiary/aromatic N) is 4. The smallest absolute Gasteiger partial charge is 0.164 e. The van der Waals surface area contributed by atoms with Crippen LogP contribution < -0.4 is 0 Å². The fourth-order valence-corrected chi connectivity index (χ4v) is 8.11. The summed E-state index contributed by atoms with van der Waals surface area (Å²) in [5.41, 5.74) is 15.3. The molecule has 5 heteroatoms. The van der Waals surface area contributed by atoms with Gasteiger partial charge >= 0.3 is 0 Å². The second-order valence-electron chi connectivity index (χ2n) is 15.1. The second kappa shape index (κ2) is 15.5. The SMILES string of the molecule is c1ccc(-c2ccc(-c3cccc4oc5cc(-c6nc(-c7ccc(-c8ccccn8)cc7)nc(-c7cccc(-c8cccc(-c9ccccc9)c8)c7)n6)ccc5c34)cc2)cc1. The maximum atomic E-state index is 6.58. The van der Waals surface area contributed by atoms with Crippen molar-refractivity contribution < 1.29 is 4.42 Å².